The number of phenolic OH excluding ortho intramolecular Hbond substituents is 1. The SMILES string of the molecule is Cn1cc(-c2ccccc2O)c2ccccc21. The largest absolute Gasteiger partial charge is 0.507 e. The molecule has 1 aromatic heterocycles. The van der Waals surface area contributed by atoms with Gasteiger partial charge in [0.15, 0.2) is 0 Å². The molecule has 0 saturated heterocycles. The van der Waals surface area contributed by atoms with Gasteiger partial charge in [0.2, 0.25) is 0 Å². The first-order valence-corrected chi connectivity index (χ1v) is 5.60. The van der Waals surface area contributed by atoms with Gasteiger partial charge in [0, 0.05) is 35.3 Å². The second kappa shape index (κ2) is 3.67. The topological polar surface area (TPSA) is 25.2 Å². The molecule has 3 rings (SSSR count). The van der Waals surface area contributed by atoms with Crippen LogP contribution in [0.5, 0.6) is 5.75 Å². The maximum Gasteiger partial charge on any atom is 0.123 e. The minimum Gasteiger partial charge on any atom is -0.507 e. The summed E-state index contributed by atoms with van der Waals surface area (Å²) in [7, 11) is 2.02. The smallest absolute Gasteiger partial charge is 0.123 e. The molecule has 17 heavy (non-hydrogen) atoms. The summed E-state index contributed by atoms with van der Waals surface area (Å²) in [6, 6.07) is 15.6. The van der Waals surface area contributed by atoms with Crippen molar-refractivity contribution in [1.29, 1.82) is 0 Å². The molecule has 2 heteroatoms. The molecule has 0 bridgehead atoms. The van der Waals surface area contributed by atoms with E-state index in [4.69, 9.17) is 0 Å². The van der Waals surface area contributed by atoms with Crippen LogP contribution < -0.4 is 0 Å². The zero-order chi connectivity index (χ0) is 11.8. The van der Waals surface area contributed by atoms with Gasteiger partial charge in [-0.1, -0.05) is 36.4 Å². The summed E-state index contributed by atoms with van der Waals surface area (Å²) in [4.78, 5) is 0. The molecule has 2 aromatic carbocycles. The van der Waals surface area contributed by atoms with Gasteiger partial charge in [0.05, 0.1) is 0 Å². The fourth-order valence-corrected chi connectivity index (χ4v) is 2.26. The highest BCUT2D eigenvalue weighted by atomic mass is 16.3. The van der Waals surface area contributed by atoms with E-state index in [1.54, 1.807) is 6.07 Å². The molecule has 84 valence electrons. The first-order valence-electron chi connectivity index (χ1n) is 5.60. The average molecular weight is 223 g/mol. The van der Waals surface area contributed by atoms with Crippen LogP contribution >= 0.6 is 0 Å². The minimum absolute atomic E-state index is 0.323. The first kappa shape index (κ1) is 9.97. The summed E-state index contributed by atoms with van der Waals surface area (Å²) in [6.07, 6.45) is 2.06. The number of para-hydroxylation sites is 2. The number of aromatic nitrogens is 1. The van der Waals surface area contributed by atoms with Gasteiger partial charge in [-0.2, -0.15) is 0 Å². The second-order valence-corrected chi connectivity index (χ2v) is 4.19. The van der Waals surface area contributed by atoms with Crippen LogP contribution in [-0.2, 0) is 7.05 Å². The van der Waals surface area contributed by atoms with Gasteiger partial charge in [-0.15, -0.1) is 0 Å². The van der Waals surface area contributed by atoms with Gasteiger partial charge < -0.3 is 9.67 Å². The third kappa shape index (κ3) is 1.49. The molecule has 3 aromatic rings. The lowest BCUT2D eigenvalue weighted by molar-refractivity contribution is 0.477. The summed E-state index contributed by atoms with van der Waals surface area (Å²) >= 11 is 0. The Labute approximate surface area is 99.7 Å². The molecule has 0 aliphatic rings. The Kier molecular flexibility index (Phi) is 2.15. The van der Waals surface area contributed by atoms with Crippen molar-refractivity contribution >= 4 is 10.9 Å². The van der Waals surface area contributed by atoms with Crippen LogP contribution in [0.25, 0.3) is 22.0 Å². The number of hydrogen-bond donors (Lipinski definition) is 1. The van der Waals surface area contributed by atoms with Crippen LogP contribution in [0.15, 0.2) is 54.7 Å². The number of phenols is 1. The molecule has 1 heterocycles. The predicted octanol–water partition coefficient (Wildman–Crippen LogP) is 3.55. The monoisotopic (exact) mass is 223 g/mol. The highest BCUT2D eigenvalue weighted by molar-refractivity contribution is 5.97. The van der Waals surface area contributed by atoms with Gasteiger partial charge in [-0.3, -0.25) is 0 Å². The number of rotatable bonds is 1. The quantitative estimate of drug-likeness (QED) is 0.670. The molecule has 0 unspecified atom stereocenters. The molecule has 2 nitrogen and oxygen atoms in total. The Morgan fingerprint density at radius 3 is 2.41 bits per heavy atom. The molecular formula is C15H13NO. The summed E-state index contributed by atoms with van der Waals surface area (Å²) in [6.45, 7) is 0. The van der Waals surface area contributed by atoms with Gasteiger partial charge >= 0.3 is 0 Å². The molecule has 0 spiro atoms. The summed E-state index contributed by atoms with van der Waals surface area (Å²) in [5, 5.41) is 11.1. The van der Waals surface area contributed by atoms with Crippen molar-refractivity contribution in [3.05, 3.63) is 54.7 Å². The minimum atomic E-state index is 0.323. The zero-order valence-electron chi connectivity index (χ0n) is 9.59. The third-order valence-electron chi connectivity index (χ3n) is 3.09. The van der Waals surface area contributed by atoms with Crippen LogP contribution in [0.3, 0.4) is 0 Å². The Bertz CT molecular complexity index is 682. The van der Waals surface area contributed by atoms with Crippen molar-refractivity contribution in [2.75, 3.05) is 0 Å². The first-order chi connectivity index (χ1) is 8.27. The van der Waals surface area contributed by atoms with Crippen molar-refractivity contribution in [2.24, 2.45) is 7.05 Å². The fraction of sp³-hybridized carbons (Fsp3) is 0.0667. The molecule has 0 atom stereocenters. The maximum atomic E-state index is 9.92. The highest BCUT2D eigenvalue weighted by Gasteiger charge is 2.10. The lowest BCUT2D eigenvalue weighted by Gasteiger charge is -2.02. The van der Waals surface area contributed by atoms with Gasteiger partial charge in [-0.25, -0.2) is 0 Å². The standard InChI is InChI=1S/C15H13NO/c1-16-10-13(11-6-2-4-8-14(11)16)12-7-3-5-9-15(12)17/h2-10,17H,1H3. The van der Waals surface area contributed by atoms with Crippen molar-refractivity contribution in [3.63, 3.8) is 0 Å². The van der Waals surface area contributed by atoms with Crippen LogP contribution in [0.1, 0.15) is 0 Å². The maximum absolute atomic E-state index is 9.92. The molecule has 0 amide bonds. The van der Waals surface area contributed by atoms with Gasteiger partial charge in [0.25, 0.3) is 0 Å². The van der Waals surface area contributed by atoms with E-state index < -0.39 is 0 Å². The van der Waals surface area contributed by atoms with Crippen LogP contribution in [-0.4, -0.2) is 9.67 Å². The van der Waals surface area contributed by atoms with E-state index in [9.17, 15) is 5.11 Å². The normalized spacial score (nSPS) is 10.9. The molecule has 0 fully saturated rings. The number of aryl methyl sites for hydroxylation is 1. The molecular weight excluding hydrogens is 210 g/mol. The van der Waals surface area contributed by atoms with Gasteiger partial charge in [-0.05, 0) is 12.1 Å². The van der Waals surface area contributed by atoms with Crippen LogP contribution in [0.4, 0.5) is 0 Å². The van der Waals surface area contributed by atoms with E-state index in [0.717, 1.165) is 16.5 Å². The Morgan fingerprint density at radius 2 is 1.59 bits per heavy atom. The highest BCUT2D eigenvalue weighted by Crippen LogP contribution is 2.34. The Morgan fingerprint density at radius 1 is 0.882 bits per heavy atom. The van der Waals surface area contributed by atoms with E-state index in [1.807, 2.05) is 37.4 Å². The van der Waals surface area contributed by atoms with Crippen molar-refractivity contribution in [2.45, 2.75) is 0 Å². The molecule has 0 aliphatic carbocycles. The third-order valence-corrected chi connectivity index (χ3v) is 3.09. The van der Waals surface area contributed by atoms with Crippen molar-refractivity contribution < 1.29 is 5.11 Å². The summed E-state index contributed by atoms with van der Waals surface area (Å²) in [5.74, 6) is 0.323. The lowest BCUT2D eigenvalue weighted by atomic mass is 10.0. The zero-order valence-corrected chi connectivity index (χ0v) is 9.59. The summed E-state index contributed by atoms with van der Waals surface area (Å²) in [5.41, 5.74) is 3.12. The second-order valence-electron chi connectivity index (χ2n) is 4.19. The number of hydrogen-bond acceptors (Lipinski definition) is 1. The number of nitrogens with zero attached hydrogens (tertiary/aromatic N) is 1. The van der Waals surface area contributed by atoms with E-state index in [0.29, 0.717) is 5.75 Å². The lowest BCUT2D eigenvalue weighted by Crippen LogP contribution is -1.81. The van der Waals surface area contributed by atoms with Crippen LogP contribution in [0, 0.1) is 0 Å². The van der Waals surface area contributed by atoms with Crippen molar-refractivity contribution in [1.82, 2.24) is 4.57 Å². The average Bonchev–Trinajstić information content (AvgIpc) is 2.68. The predicted molar refractivity (Wildman–Crippen MR) is 70.0 cm³/mol. The molecule has 1 N–H and O–H groups in total. The molecule has 0 aliphatic heterocycles. The van der Waals surface area contributed by atoms with E-state index >= 15 is 0 Å². The van der Waals surface area contributed by atoms with E-state index in [2.05, 4.69) is 22.9 Å². The van der Waals surface area contributed by atoms with E-state index in [-0.39, 0.29) is 0 Å². The summed E-state index contributed by atoms with van der Waals surface area (Å²) < 4.78 is 2.08. The Balaban J connectivity index is 2.35. The van der Waals surface area contributed by atoms with Crippen LogP contribution in [0.2, 0.25) is 0 Å². The number of benzene rings is 2. The van der Waals surface area contributed by atoms with E-state index in [1.165, 1.54) is 5.52 Å². The van der Waals surface area contributed by atoms with Gasteiger partial charge in [0.1, 0.15) is 5.75 Å². The Hall–Kier alpha value is -2.22. The number of aromatic hydroxyl groups is 1. The van der Waals surface area contributed by atoms with Crippen molar-refractivity contribution in [3.8, 4) is 16.9 Å². The number of fused-ring (bicyclic) bond motifs is 1. The molecule has 0 radical (unpaired) electrons. The fourth-order valence-electron chi connectivity index (χ4n) is 2.26. The molecule has 0 saturated carbocycles.